The maximum Gasteiger partial charge on any atom is 0.252 e. The molecule has 1 unspecified atom stereocenters. The molecule has 10 heteroatoms. The number of nitriles is 1. The zero-order valence-corrected chi connectivity index (χ0v) is 19.9. The number of carbonyl (C=O) groups excluding carboxylic acids is 2. The second-order valence-corrected chi connectivity index (χ2v) is 10.3. The summed E-state index contributed by atoms with van der Waals surface area (Å²) in [4.78, 5) is 27.0. The Morgan fingerprint density at radius 2 is 1.68 bits per heavy atom. The second-order valence-electron chi connectivity index (χ2n) is 7.56. The van der Waals surface area contributed by atoms with Crippen LogP contribution in [0.2, 0.25) is 10.0 Å². The summed E-state index contributed by atoms with van der Waals surface area (Å²) in [7, 11) is -4.33. The molecule has 0 N–H and O–H groups in total. The molecule has 7 nitrogen and oxygen atoms in total. The fraction of sp³-hybridized carbons (Fsp3) is 0.125. The number of nitrogens with zero attached hydrogens (tertiary/aromatic N) is 3. The van der Waals surface area contributed by atoms with Crippen molar-refractivity contribution in [1.29, 1.82) is 5.26 Å². The van der Waals surface area contributed by atoms with Gasteiger partial charge < -0.3 is 0 Å². The number of rotatable bonds is 6. The first-order valence-corrected chi connectivity index (χ1v) is 12.3. The first-order chi connectivity index (χ1) is 16.2. The van der Waals surface area contributed by atoms with Crippen molar-refractivity contribution < 1.29 is 18.0 Å². The number of hydrogen-bond donors (Lipinski definition) is 0. The zero-order chi connectivity index (χ0) is 24.5. The lowest BCUT2D eigenvalue weighted by molar-refractivity contribution is -0.122. The summed E-state index contributed by atoms with van der Waals surface area (Å²) in [5.74, 6) is -1.24. The number of benzene rings is 3. The van der Waals surface area contributed by atoms with Crippen LogP contribution in [0.4, 0.5) is 5.69 Å². The summed E-state index contributed by atoms with van der Waals surface area (Å²) in [6, 6.07) is 19.4. The van der Waals surface area contributed by atoms with E-state index in [2.05, 4.69) is 0 Å². The van der Waals surface area contributed by atoms with Crippen molar-refractivity contribution in [3.8, 4) is 6.07 Å². The van der Waals surface area contributed by atoms with Gasteiger partial charge in [-0.2, -0.15) is 9.57 Å². The number of imide groups is 1. The van der Waals surface area contributed by atoms with Gasteiger partial charge in [-0.3, -0.25) is 9.59 Å². The van der Waals surface area contributed by atoms with Crippen molar-refractivity contribution in [2.45, 2.75) is 23.9 Å². The molecule has 0 spiro atoms. The number of halogens is 2. The molecule has 0 bridgehead atoms. The zero-order valence-electron chi connectivity index (χ0n) is 17.6. The SMILES string of the molecule is N#Cc1ccc(N2C(=O)CC(N(Cc3ccccc3)S(=O)(=O)c3cc(Cl)ccc3Cl)C2=O)cc1. The average molecular weight is 514 g/mol. The van der Waals surface area contributed by atoms with Crippen LogP contribution in [0.25, 0.3) is 0 Å². The predicted octanol–water partition coefficient (Wildman–Crippen LogP) is 4.39. The van der Waals surface area contributed by atoms with E-state index in [0.29, 0.717) is 11.1 Å². The quantitative estimate of drug-likeness (QED) is 0.455. The van der Waals surface area contributed by atoms with E-state index in [9.17, 15) is 18.0 Å². The summed E-state index contributed by atoms with van der Waals surface area (Å²) in [6.07, 6.45) is -0.344. The van der Waals surface area contributed by atoms with E-state index in [0.717, 1.165) is 9.21 Å². The molecule has 0 radical (unpaired) electrons. The number of amides is 2. The van der Waals surface area contributed by atoms with Crippen LogP contribution in [-0.2, 0) is 26.2 Å². The topological polar surface area (TPSA) is 98.5 Å². The van der Waals surface area contributed by atoms with Gasteiger partial charge >= 0.3 is 0 Å². The molecule has 1 heterocycles. The maximum absolute atomic E-state index is 13.7. The molecule has 3 aromatic rings. The fourth-order valence-electron chi connectivity index (χ4n) is 3.72. The molecule has 34 heavy (non-hydrogen) atoms. The summed E-state index contributed by atoms with van der Waals surface area (Å²) in [5, 5.41) is 9.11. The van der Waals surface area contributed by atoms with Crippen molar-refractivity contribution >= 4 is 50.7 Å². The molecule has 3 aromatic carbocycles. The Balaban J connectivity index is 1.77. The third kappa shape index (κ3) is 4.56. The van der Waals surface area contributed by atoms with Crippen LogP contribution in [0.3, 0.4) is 0 Å². The van der Waals surface area contributed by atoms with E-state index < -0.39 is 27.9 Å². The summed E-state index contributed by atoms with van der Waals surface area (Å²) in [5.41, 5.74) is 1.25. The van der Waals surface area contributed by atoms with Gasteiger partial charge in [0.15, 0.2) is 0 Å². The van der Waals surface area contributed by atoms with Crippen LogP contribution in [0.1, 0.15) is 17.5 Å². The van der Waals surface area contributed by atoms with Gasteiger partial charge in [0.05, 0.1) is 28.8 Å². The summed E-state index contributed by atoms with van der Waals surface area (Å²) < 4.78 is 28.5. The molecule has 0 aromatic heterocycles. The van der Waals surface area contributed by atoms with Crippen molar-refractivity contribution in [3.05, 3.63) is 94.0 Å². The van der Waals surface area contributed by atoms with Crippen LogP contribution < -0.4 is 4.90 Å². The molecule has 0 aliphatic carbocycles. The molecule has 1 aliphatic heterocycles. The lowest BCUT2D eigenvalue weighted by Crippen LogP contribution is -2.45. The van der Waals surface area contributed by atoms with E-state index in [1.165, 1.54) is 42.5 Å². The molecule has 2 amide bonds. The number of hydrogen-bond acceptors (Lipinski definition) is 5. The second kappa shape index (κ2) is 9.57. The fourth-order valence-corrected chi connectivity index (χ4v) is 6.03. The van der Waals surface area contributed by atoms with Crippen molar-refractivity contribution in [2.24, 2.45) is 0 Å². The molecule has 1 aliphatic rings. The lowest BCUT2D eigenvalue weighted by Gasteiger charge is -2.27. The molecule has 1 saturated heterocycles. The standard InChI is InChI=1S/C24H17Cl2N3O4S/c25-18-8-11-20(26)22(12-18)34(32,33)28(15-17-4-2-1-3-5-17)21-13-23(30)29(24(21)31)19-9-6-16(14-27)7-10-19/h1-12,21H,13,15H2. The third-order valence-electron chi connectivity index (χ3n) is 5.39. The normalized spacial score (nSPS) is 16.2. The molecular weight excluding hydrogens is 497 g/mol. The summed E-state index contributed by atoms with van der Waals surface area (Å²) >= 11 is 12.2. The monoisotopic (exact) mass is 513 g/mol. The van der Waals surface area contributed by atoms with Gasteiger partial charge in [0, 0.05) is 11.6 Å². The van der Waals surface area contributed by atoms with E-state index in [-0.39, 0.29) is 33.6 Å². The van der Waals surface area contributed by atoms with E-state index in [4.69, 9.17) is 28.5 Å². The molecule has 1 fully saturated rings. The molecule has 4 rings (SSSR count). The van der Waals surface area contributed by atoms with E-state index in [1.54, 1.807) is 30.3 Å². The van der Waals surface area contributed by atoms with Gasteiger partial charge in [0.2, 0.25) is 15.9 Å². The molecular formula is C24H17Cl2N3O4S. The minimum absolute atomic E-state index is 0.0526. The minimum Gasteiger partial charge on any atom is -0.274 e. The van der Waals surface area contributed by atoms with E-state index >= 15 is 0 Å². The Labute approximate surface area is 206 Å². The van der Waals surface area contributed by atoms with Crippen LogP contribution in [0.5, 0.6) is 0 Å². The highest BCUT2D eigenvalue weighted by atomic mass is 35.5. The molecule has 1 atom stereocenters. The third-order valence-corrected chi connectivity index (χ3v) is 7.96. The lowest BCUT2D eigenvalue weighted by atomic mass is 10.2. The van der Waals surface area contributed by atoms with Gasteiger partial charge in [-0.25, -0.2) is 13.3 Å². The Hall–Kier alpha value is -3.22. The van der Waals surface area contributed by atoms with Crippen molar-refractivity contribution in [2.75, 3.05) is 4.90 Å². The van der Waals surface area contributed by atoms with Crippen molar-refractivity contribution in [1.82, 2.24) is 4.31 Å². The number of anilines is 1. The Bertz CT molecular complexity index is 1400. The Morgan fingerprint density at radius 3 is 2.32 bits per heavy atom. The maximum atomic E-state index is 13.7. The van der Waals surface area contributed by atoms with Gasteiger partial charge in [-0.05, 0) is 48.0 Å². The highest BCUT2D eigenvalue weighted by molar-refractivity contribution is 7.89. The smallest absolute Gasteiger partial charge is 0.252 e. The van der Waals surface area contributed by atoms with E-state index in [1.807, 2.05) is 6.07 Å². The Morgan fingerprint density at radius 1 is 1.00 bits per heavy atom. The largest absolute Gasteiger partial charge is 0.274 e. The number of sulfonamides is 1. The Kier molecular flexibility index (Phi) is 6.73. The van der Waals surface area contributed by atoms with Crippen LogP contribution in [-0.4, -0.2) is 30.6 Å². The van der Waals surface area contributed by atoms with Crippen LogP contribution in [0.15, 0.2) is 77.7 Å². The van der Waals surface area contributed by atoms with Crippen LogP contribution >= 0.6 is 23.2 Å². The highest BCUT2D eigenvalue weighted by Crippen LogP contribution is 2.34. The average Bonchev–Trinajstić information content (AvgIpc) is 3.12. The molecule has 0 saturated carbocycles. The van der Waals surface area contributed by atoms with Gasteiger partial charge in [-0.1, -0.05) is 53.5 Å². The van der Waals surface area contributed by atoms with Crippen LogP contribution in [0, 0.1) is 11.3 Å². The van der Waals surface area contributed by atoms with Crippen molar-refractivity contribution in [3.63, 3.8) is 0 Å². The first kappa shape index (κ1) is 23.9. The first-order valence-electron chi connectivity index (χ1n) is 10.1. The highest BCUT2D eigenvalue weighted by Gasteiger charge is 2.47. The van der Waals surface area contributed by atoms with Gasteiger partial charge in [0.1, 0.15) is 10.9 Å². The molecule has 172 valence electrons. The van der Waals surface area contributed by atoms with Gasteiger partial charge in [-0.15, -0.1) is 0 Å². The predicted molar refractivity (Wildman–Crippen MR) is 128 cm³/mol. The number of carbonyl (C=O) groups is 2. The van der Waals surface area contributed by atoms with Gasteiger partial charge in [0.25, 0.3) is 5.91 Å². The summed E-state index contributed by atoms with van der Waals surface area (Å²) in [6.45, 7) is -0.156. The minimum atomic E-state index is -4.33.